The number of imide groups is 1. The Morgan fingerprint density at radius 3 is 2.33 bits per heavy atom. The molecule has 0 aromatic carbocycles. The number of hydrogen-bond acceptors (Lipinski definition) is 4. The molecular weight excluding hydrogens is 290 g/mol. The largest absolute Gasteiger partial charge is 0.478 e. The van der Waals surface area contributed by atoms with Gasteiger partial charge < -0.3 is 5.11 Å². The Morgan fingerprint density at radius 1 is 1.24 bits per heavy atom. The molecule has 2 bridgehead atoms. The van der Waals surface area contributed by atoms with Crippen LogP contribution >= 0.6 is 11.3 Å². The molecule has 2 heterocycles. The van der Waals surface area contributed by atoms with E-state index < -0.39 is 5.97 Å². The van der Waals surface area contributed by atoms with Gasteiger partial charge in [-0.15, -0.1) is 11.3 Å². The third-order valence-corrected chi connectivity index (χ3v) is 5.78. The monoisotopic (exact) mass is 303 g/mol. The summed E-state index contributed by atoms with van der Waals surface area (Å²) in [6.45, 7) is 1.78. The van der Waals surface area contributed by atoms with Crippen LogP contribution in [-0.4, -0.2) is 22.9 Å². The number of rotatable bonds is 2. The first-order valence-corrected chi connectivity index (χ1v) is 7.70. The highest BCUT2D eigenvalue weighted by atomic mass is 32.1. The standard InChI is InChI=1S/C15H13NO4S/c1-6-4-9(15(19)20)14(21-6)16-12(17)10-7-2-3-8(5-7)11(10)13(16)18/h2-4,7-8,10-11H,5H2,1H3,(H,19,20). The van der Waals surface area contributed by atoms with Crippen LogP contribution in [0, 0.1) is 30.6 Å². The van der Waals surface area contributed by atoms with E-state index >= 15 is 0 Å². The van der Waals surface area contributed by atoms with E-state index in [0.29, 0.717) is 0 Å². The van der Waals surface area contributed by atoms with Crippen LogP contribution in [0.3, 0.4) is 0 Å². The molecular formula is C15H13NO4S. The fourth-order valence-corrected chi connectivity index (χ4v) is 4.93. The smallest absolute Gasteiger partial charge is 0.338 e. The molecule has 5 nitrogen and oxygen atoms in total. The number of aryl methyl sites for hydroxylation is 1. The van der Waals surface area contributed by atoms with Crippen molar-refractivity contribution >= 4 is 34.1 Å². The molecule has 21 heavy (non-hydrogen) atoms. The molecule has 0 spiro atoms. The summed E-state index contributed by atoms with van der Waals surface area (Å²) in [4.78, 5) is 38.6. The molecule has 4 unspecified atom stereocenters. The molecule has 4 atom stereocenters. The van der Waals surface area contributed by atoms with Gasteiger partial charge >= 0.3 is 5.97 Å². The van der Waals surface area contributed by atoms with Gasteiger partial charge in [-0.2, -0.15) is 0 Å². The molecule has 3 aliphatic rings. The number of carboxylic acid groups (broad SMARTS) is 1. The number of carbonyl (C=O) groups excluding carboxylic acids is 2. The van der Waals surface area contributed by atoms with Crippen LogP contribution in [0.1, 0.15) is 21.7 Å². The van der Waals surface area contributed by atoms with Crippen LogP contribution in [0.25, 0.3) is 0 Å². The molecule has 1 aliphatic heterocycles. The van der Waals surface area contributed by atoms with Crippen molar-refractivity contribution in [2.24, 2.45) is 23.7 Å². The lowest BCUT2D eigenvalue weighted by Crippen LogP contribution is -2.33. The first kappa shape index (κ1) is 12.8. The van der Waals surface area contributed by atoms with Crippen molar-refractivity contribution in [1.29, 1.82) is 0 Å². The highest BCUT2D eigenvalue weighted by molar-refractivity contribution is 7.17. The summed E-state index contributed by atoms with van der Waals surface area (Å²) in [6, 6.07) is 1.52. The average molecular weight is 303 g/mol. The van der Waals surface area contributed by atoms with Gasteiger partial charge in [0.1, 0.15) is 5.00 Å². The summed E-state index contributed by atoms with van der Waals surface area (Å²) in [5, 5.41) is 9.54. The molecule has 6 heteroatoms. The van der Waals surface area contributed by atoms with Crippen molar-refractivity contribution in [1.82, 2.24) is 0 Å². The number of allylic oxidation sites excluding steroid dienone is 2. The second-order valence-electron chi connectivity index (χ2n) is 5.89. The Kier molecular flexibility index (Phi) is 2.45. The topological polar surface area (TPSA) is 74.7 Å². The zero-order valence-electron chi connectivity index (χ0n) is 11.3. The van der Waals surface area contributed by atoms with Crippen molar-refractivity contribution in [2.45, 2.75) is 13.3 Å². The fourth-order valence-electron chi connectivity index (χ4n) is 3.92. The van der Waals surface area contributed by atoms with Crippen molar-refractivity contribution in [2.75, 3.05) is 4.90 Å². The minimum absolute atomic E-state index is 0.0412. The number of anilines is 1. The zero-order chi connectivity index (χ0) is 14.9. The molecule has 1 N–H and O–H groups in total. The van der Waals surface area contributed by atoms with Crippen molar-refractivity contribution in [3.05, 3.63) is 28.7 Å². The Hall–Kier alpha value is -1.95. The summed E-state index contributed by atoms with van der Waals surface area (Å²) < 4.78 is 0. The number of nitrogens with zero attached hydrogens (tertiary/aromatic N) is 1. The van der Waals surface area contributed by atoms with Gasteiger partial charge in [0.25, 0.3) is 0 Å². The second kappa shape index (κ2) is 4.04. The quantitative estimate of drug-likeness (QED) is 0.670. The number of aromatic carboxylic acids is 1. The minimum atomic E-state index is -1.10. The molecule has 2 aliphatic carbocycles. The van der Waals surface area contributed by atoms with E-state index in [2.05, 4.69) is 0 Å². The maximum Gasteiger partial charge on any atom is 0.338 e. The Morgan fingerprint density at radius 2 is 1.81 bits per heavy atom. The van der Waals surface area contributed by atoms with E-state index in [9.17, 15) is 19.5 Å². The molecule has 4 rings (SSSR count). The summed E-state index contributed by atoms with van der Waals surface area (Å²) in [7, 11) is 0. The molecule has 108 valence electrons. The summed E-state index contributed by atoms with van der Waals surface area (Å²) in [6.07, 6.45) is 4.92. The van der Waals surface area contributed by atoms with E-state index in [1.165, 1.54) is 17.4 Å². The highest BCUT2D eigenvalue weighted by Gasteiger charge is 2.60. The summed E-state index contributed by atoms with van der Waals surface area (Å²) >= 11 is 1.19. The highest BCUT2D eigenvalue weighted by Crippen LogP contribution is 2.54. The predicted molar refractivity (Wildman–Crippen MR) is 76.2 cm³/mol. The van der Waals surface area contributed by atoms with Crippen molar-refractivity contribution in [3.8, 4) is 0 Å². The molecule has 2 fully saturated rings. The van der Waals surface area contributed by atoms with E-state index in [-0.39, 0.29) is 46.1 Å². The normalized spacial score (nSPS) is 33.1. The maximum atomic E-state index is 12.7. The lowest BCUT2D eigenvalue weighted by molar-refractivity contribution is -0.123. The summed E-state index contributed by atoms with van der Waals surface area (Å²) in [5.41, 5.74) is 0.0412. The van der Waals surface area contributed by atoms with Crippen LogP contribution in [0.5, 0.6) is 0 Å². The van der Waals surface area contributed by atoms with Gasteiger partial charge in [0.05, 0.1) is 17.4 Å². The maximum absolute atomic E-state index is 12.7. The lowest BCUT2D eigenvalue weighted by atomic mass is 9.85. The van der Waals surface area contributed by atoms with E-state index in [1.54, 1.807) is 6.92 Å². The average Bonchev–Trinajstić information content (AvgIpc) is 3.14. The first-order chi connectivity index (χ1) is 9.99. The van der Waals surface area contributed by atoms with Gasteiger partial charge in [-0.1, -0.05) is 12.2 Å². The van der Waals surface area contributed by atoms with Gasteiger partial charge in [0, 0.05) is 4.88 Å². The van der Waals surface area contributed by atoms with Crippen LogP contribution in [0.4, 0.5) is 5.00 Å². The molecule has 1 saturated heterocycles. The number of thiophene rings is 1. The first-order valence-electron chi connectivity index (χ1n) is 6.89. The van der Waals surface area contributed by atoms with Gasteiger partial charge in [0.2, 0.25) is 11.8 Å². The number of fused-ring (bicyclic) bond motifs is 5. The van der Waals surface area contributed by atoms with E-state index in [0.717, 1.165) is 16.2 Å². The fraction of sp³-hybridized carbons (Fsp3) is 0.400. The van der Waals surface area contributed by atoms with Crippen LogP contribution in [-0.2, 0) is 9.59 Å². The Balaban J connectivity index is 1.80. The van der Waals surface area contributed by atoms with Crippen LogP contribution < -0.4 is 4.90 Å². The SMILES string of the molecule is Cc1cc(C(=O)O)c(N2C(=O)C3C4C=CC(C4)C3C2=O)s1. The van der Waals surface area contributed by atoms with Crippen molar-refractivity contribution in [3.63, 3.8) is 0 Å². The number of carbonyl (C=O) groups is 3. The molecule has 1 aromatic rings. The van der Waals surface area contributed by atoms with Crippen molar-refractivity contribution < 1.29 is 19.5 Å². The van der Waals surface area contributed by atoms with E-state index in [4.69, 9.17) is 0 Å². The number of carboxylic acids is 1. The third kappa shape index (κ3) is 1.53. The second-order valence-corrected chi connectivity index (χ2v) is 7.13. The van der Waals surface area contributed by atoms with Crippen LogP contribution in [0.2, 0.25) is 0 Å². The third-order valence-electron chi connectivity index (χ3n) is 4.74. The van der Waals surface area contributed by atoms with Gasteiger partial charge in [-0.25, -0.2) is 9.69 Å². The number of hydrogen-bond donors (Lipinski definition) is 1. The van der Waals surface area contributed by atoms with Crippen LogP contribution in [0.15, 0.2) is 18.2 Å². The molecule has 1 aromatic heterocycles. The zero-order valence-corrected chi connectivity index (χ0v) is 12.1. The Labute approximate surface area is 124 Å². The van der Waals surface area contributed by atoms with E-state index in [1.807, 2.05) is 12.2 Å². The summed E-state index contributed by atoms with van der Waals surface area (Å²) in [5.74, 6) is -1.88. The predicted octanol–water partition coefficient (Wildman–Crippen LogP) is 2.07. The number of amides is 2. The minimum Gasteiger partial charge on any atom is -0.478 e. The molecule has 0 radical (unpaired) electrons. The van der Waals surface area contributed by atoms with Gasteiger partial charge in [-0.05, 0) is 31.2 Å². The lowest BCUT2D eigenvalue weighted by Gasteiger charge is -2.16. The molecule has 1 saturated carbocycles. The van der Waals surface area contributed by atoms with Gasteiger partial charge in [0.15, 0.2) is 0 Å². The molecule has 2 amide bonds. The Bertz CT molecular complexity index is 689. The van der Waals surface area contributed by atoms with Gasteiger partial charge in [-0.3, -0.25) is 9.59 Å².